The van der Waals surface area contributed by atoms with Crippen LogP contribution in [0, 0.1) is 0 Å². The zero-order valence-corrected chi connectivity index (χ0v) is 30.6. The minimum absolute atomic E-state index is 0.104. The third-order valence-electron chi connectivity index (χ3n) is 7.40. The van der Waals surface area contributed by atoms with Crippen molar-refractivity contribution in [3.63, 3.8) is 0 Å². The van der Waals surface area contributed by atoms with Crippen LogP contribution in [0.25, 0.3) is 11.4 Å². The number of hydrogen-bond acceptors (Lipinski definition) is 7. The molecular weight excluding hydrogens is 629 g/mol. The maximum absolute atomic E-state index is 12.4. The molecule has 3 aromatic heterocycles. The van der Waals surface area contributed by atoms with Gasteiger partial charge in [0.2, 0.25) is 30.9 Å². The zero-order valence-electron chi connectivity index (χ0n) is 29.7. The summed E-state index contributed by atoms with van der Waals surface area (Å²) in [5.41, 5.74) is 4.67. The molecule has 0 unspecified atom stereocenters. The van der Waals surface area contributed by atoms with E-state index in [2.05, 4.69) is 118 Å². The van der Waals surface area contributed by atoms with Crippen LogP contribution in [0.4, 0.5) is 11.9 Å². The summed E-state index contributed by atoms with van der Waals surface area (Å²) in [5, 5.41) is 7.16. The van der Waals surface area contributed by atoms with Gasteiger partial charge in [0, 0.05) is 50.4 Å². The zero-order chi connectivity index (χ0) is 35.2. The second kappa shape index (κ2) is 18.6. The van der Waals surface area contributed by atoms with Crippen molar-refractivity contribution in [3.8, 4) is 11.4 Å². The molecule has 0 saturated carbocycles. The molecule has 2 aromatic carbocycles. The largest absolute Gasteiger partial charge is 0.352 e. The molecule has 0 radical (unpaired) electrons. The van der Waals surface area contributed by atoms with Crippen LogP contribution >= 0.6 is 11.8 Å². The molecule has 0 saturated heterocycles. The van der Waals surface area contributed by atoms with Crippen molar-refractivity contribution in [2.75, 3.05) is 30.5 Å². The molecular formula is C39H50N8OS+2. The van der Waals surface area contributed by atoms with Crippen LogP contribution in [-0.2, 0) is 17.9 Å². The Morgan fingerprint density at radius 2 is 1.12 bits per heavy atom. The molecule has 6 rings (SSSR count). The Balaban J connectivity index is 0.000000167. The SMILES string of the molecule is CCSc1nc(NC(C)C)nc(NC(C)C)n1.CN(C)C(=O)C(c1ccccc1)c1ccccc1.c1cc[n+]2c(c1)-c1cccc[n+]1CC2. The fourth-order valence-corrected chi connectivity index (χ4v) is 5.81. The highest BCUT2D eigenvalue weighted by atomic mass is 32.2. The molecule has 9 nitrogen and oxygen atoms in total. The van der Waals surface area contributed by atoms with Gasteiger partial charge in [-0.1, -0.05) is 79.3 Å². The van der Waals surface area contributed by atoms with Crippen molar-refractivity contribution in [1.82, 2.24) is 19.9 Å². The van der Waals surface area contributed by atoms with Crippen molar-refractivity contribution >= 4 is 29.6 Å². The van der Waals surface area contributed by atoms with Gasteiger partial charge < -0.3 is 15.5 Å². The molecule has 2 N–H and O–H groups in total. The lowest BCUT2D eigenvalue weighted by Gasteiger charge is -2.21. The summed E-state index contributed by atoms with van der Waals surface area (Å²) in [6.45, 7) is 12.5. The maximum atomic E-state index is 12.4. The number of anilines is 2. The summed E-state index contributed by atoms with van der Waals surface area (Å²) in [6.07, 6.45) is 4.29. The number of likely N-dealkylation sites (N-methyl/N-ethyl adjacent to an activating group) is 1. The van der Waals surface area contributed by atoms with Gasteiger partial charge in [-0.05, 0) is 56.7 Å². The number of thioether (sulfide) groups is 1. The van der Waals surface area contributed by atoms with Gasteiger partial charge in [0.15, 0.2) is 17.6 Å². The van der Waals surface area contributed by atoms with Crippen LogP contribution in [0.2, 0.25) is 0 Å². The van der Waals surface area contributed by atoms with Crippen molar-refractivity contribution in [1.29, 1.82) is 0 Å². The average Bonchev–Trinajstić information content (AvgIpc) is 3.09. The second-order valence-electron chi connectivity index (χ2n) is 12.3. The summed E-state index contributed by atoms with van der Waals surface area (Å²) in [4.78, 5) is 27.1. The van der Waals surface area contributed by atoms with Crippen LogP contribution in [0.15, 0.2) is 115 Å². The van der Waals surface area contributed by atoms with E-state index in [0.29, 0.717) is 24.0 Å². The van der Waals surface area contributed by atoms with Gasteiger partial charge in [-0.2, -0.15) is 24.1 Å². The maximum Gasteiger partial charge on any atom is 0.277 e. The standard InChI is InChI=1S/C16H17NO.C12H12N2.C11H21N5S/c1-17(2)16(18)15(13-9-5-3-6-10-13)14-11-7-4-8-12-14;1-3-7-13-9-10-14-8-4-2-6-12(14)11(13)5-1;1-6-17-11-15-9(12-7(2)3)14-10(16-11)13-8(4)5/h3-12,15H,1-2H3;1-8H,9-10H2;7-8H,6H2,1-5H3,(H2,12,13,14,15,16)/q;+2;. The predicted molar refractivity (Wildman–Crippen MR) is 199 cm³/mol. The van der Waals surface area contributed by atoms with E-state index in [4.69, 9.17) is 0 Å². The van der Waals surface area contributed by atoms with Gasteiger partial charge in [0.25, 0.3) is 11.4 Å². The Bertz CT molecular complexity index is 1640. The molecule has 4 heterocycles. The number of nitrogens with zero attached hydrogens (tertiary/aromatic N) is 6. The van der Waals surface area contributed by atoms with Gasteiger partial charge in [0.05, 0.1) is 5.92 Å². The number of rotatable bonds is 9. The van der Waals surface area contributed by atoms with E-state index >= 15 is 0 Å². The first-order valence-corrected chi connectivity index (χ1v) is 17.8. The third kappa shape index (κ3) is 11.1. The van der Waals surface area contributed by atoms with E-state index in [0.717, 1.165) is 35.1 Å². The lowest BCUT2D eigenvalue weighted by Crippen LogP contribution is -2.52. The van der Waals surface area contributed by atoms with Gasteiger partial charge >= 0.3 is 0 Å². The molecule has 0 spiro atoms. The smallest absolute Gasteiger partial charge is 0.277 e. The topological polar surface area (TPSA) is 90.8 Å². The van der Waals surface area contributed by atoms with Crippen LogP contribution < -0.4 is 19.8 Å². The number of carbonyl (C=O) groups is 1. The Hall–Kier alpha value is -4.83. The number of amides is 1. The van der Waals surface area contributed by atoms with Crippen LogP contribution in [0.1, 0.15) is 51.7 Å². The van der Waals surface area contributed by atoms with Crippen LogP contribution in [0.5, 0.6) is 0 Å². The first-order chi connectivity index (χ1) is 23.7. The average molecular weight is 679 g/mol. The Morgan fingerprint density at radius 1 is 0.694 bits per heavy atom. The minimum atomic E-state index is -0.220. The van der Waals surface area contributed by atoms with Gasteiger partial charge in [-0.25, -0.2) is 0 Å². The van der Waals surface area contributed by atoms with Crippen molar-refractivity contribution in [3.05, 3.63) is 121 Å². The second-order valence-corrected chi connectivity index (χ2v) is 13.6. The normalized spacial score (nSPS) is 11.4. The molecule has 1 amide bonds. The number of pyridine rings is 2. The van der Waals surface area contributed by atoms with Gasteiger partial charge in [0.1, 0.15) is 0 Å². The number of aromatic nitrogens is 5. The Morgan fingerprint density at radius 3 is 1.51 bits per heavy atom. The Labute approximate surface area is 295 Å². The van der Waals surface area contributed by atoms with Crippen molar-refractivity contribution < 1.29 is 13.9 Å². The lowest BCUT2D eigenvalue weighted by atomic mass is 9.90. The van der Waals surface area contributed by atoms with E-state index in [1.807, 2.05) is 60.7 Å². The molecule has 1 aliphatic rings. The van der Waals surface area contributed by atoms with Crippen LogP contribution in [0.3, 0.4) is 0 Å². The lowest BCUT2D eigenvalue weighted by molar-refractivity contribution is -0.794. The van der Waals surface area contributed by atoms with Crippen LogP contribution in [-0.4, -0.2) is 57.7 Å². The highest BCUT2D eigenvalue weighted by Gasteiger charge is 2.27. The first-order valence-electron chi connectivity index (χ1n) is 16.9. The van der Waals surface area contributed by atoms with E-state index in [-0.39, 0.29) is 11.8 Å². The molecule has 0 atom stereocenters. The highest BCUT2D eigenvalue weighted by molar-refractivity contribution is 7.99. The van der Waals surface area contributed by atoms with Crippen molar-refractivity contribution in [2.24, 2.45) is 0 Å². The monoisotopic (exact) mass is 678 g/mol. The van der Waals surface area contributed by atoms with E-state index in [1.54, 1.807) is 30.8 Å². The fraction of sp³-hybridized carbons (Fsp3) is 0.333. The molecule has 10 heteroatoms. The molecule has 5 aromatic rings. The summed E-state index contributed by atoms with van der Waals surface area (Å²) < 4.78 is 4.60. The third-order valence-corrected chi connectivity index (χ3v) is 8.13. The van der Waals surface area contributed by atoms with E-state index in [9.17, 15) is 4.79 Å². The minimum Gasteiger partial charge on any atom is -0.352 e. The highest BCUT2D eigenvalue weighted by Crippen LogP contribution is 2.26. The summed E-state index contributed by atoms with van der Waals surface area (Å²) in [7, 11) is 3.59. The molecule has 1 aliphatic heterocycles. The fourth-order valence-electron chi connectivity index (χ4n) is 5.25. The first kappa shape index (κ1) is 37.0. The Kier molecular flexibility index (Phi) is 14.1. The number of carbonyl (C=O) groups excluding carboxylic acids is 1. The van der Waals surface area contributed by atoms with Gasteiger partial charge in [-0.15, -0.1) is 0 Å². The van der Waals surface area contributed by atoms with Gasteiger partial charge in [-0.3, -0.25) is 4.79 Å². The quantitative estimate of drug-likeness (QED) is 0.136. The summed E-state index contributed by atoms with van der Waals surface area (Å²) >= 11 is 1.62. The van der Waals surface area contributed by atoms with Crippen molar-refractivity contribution in [2.45, 2.75) is 70.9 Å². The number of aryl methyl sites for hydroxylation is 2. The number of benzene rings is 2. The van der Waals surface area contributed by atoms with E-state index in [1.165, 1.54) is 11.4 Å². The molecule has 0 bridgehead atoms. The number of nitrogens with one attached hydrogen (secondary N) is 2. The number of hydrogen-bond donors (Lipinski definition) is 2. The number of fused-ring (bicyclic) bond motifs is 3. The predicted octanol–water partition coefficient (Wildman–Crippen LogP) is 6.47. The molecule has 49 heavy (non-hydrogen) atoms. The molecule has 0 fully saturated rings. The molecule has 0 aliphatic carbocycles. The molecule has 256 valence electrons. The summed E-state index contributed by atoms with van der Waals surface area (Å²) in [5.74, 6) is 2.10. The van der Waals surface area contributed by atoms with E-state index < -0.39 is 0 Å². The summed E-state index contributed by atoms with van der Waals surface area (Å²) in [6, 6.07) is 33.1.